The molecule has 2 rings (SSSR count). The van der Waals surface area contributed by atoms with Crippen LogP contribution in [0.2, 0.25) is 0 Å². The number of hydrogen-bond acceptors (Lipinski definition) is 3. The van der Waals surface area contributed by atoms with Gasteiger partial charge in [-0.25, -0.2) is 0 Å². The first-order chi connectivity index (χ1) is 9.11. The Morgan fingerprint density at radius 3 is 2.89 bits per heavy atom. The first-order valence-electron chi connectivity index (χ1n) is 6.23. The molecule has 0 spiro atoms. The first kappa shape index (κ1) is 13.1. The van der Waals surface area contributed by atoms with E-state index in [1.54, 1.807) is 30.4 Å². The number of anilines is 1. The van der Waals surface area contributed by atoms with Gasteiger partial charge >= 0.3 is 0 Å². The zero-order valence-corrected chi connectivity index (χ0v) is 11.2. The molecule has 2 aromatic heterocycles. The van der Waals surface area contributed by atoms with Crippen LogP contribution in [0.15, 0.2) is 36.7 Å². The Bertz CT molecular complexity index is 562. The van der Waals surface area contributed by atoms with E-state index in [-0.39, 0.29) is 5.91 Å². The maximum Gasteiger partial charge on any atom is 0.270 e. The maximum absolute atomic E-state index is 12.4. The molecule has 2 aromatic rings. The Morgan fingerprint density at radius 1 is 1.47 bits per heavy atom. The molecule has 0 atom stereocenters. The first-order valence-corrected chi connectivity index (χ1v) is 6.23. The van der Waals surface area contributed by atoms with Crippen LogP contribution in [0.1, 0.15) is 23.1 Å². The van der Waals surface area contributed by atoms with Gasteiger partial charge in [0.15, 0.2) is 0 Å². The lowest BCUT2D eigenvalue weighted by Gasteiger charge is -2.17. The van der Waals surface area contributed by atoms with Gasteiger partial charge in [0.25, 0.3) is 5.91 Å². The lowest BCUT2D eigenvalue weighted by molar-refractivity contribution is 0.0773. The van der Waals surface area contributed by atoms with Gasteiger partial charge in [0, 0.05) is 26.0 Å². The number of nitrogens with zero attached hydrogens (tertiary/aromatic N) is 3. The molecule has 5 heteroatoms. The van der Waals surface area contributed by atoms with Crippen LogP contribution in [0.25, 0.3) is 0 Å². The predicted octanol–water partition coefficient (Wildman–Crippen LogP) is 1.76. The second-order valence-corrected chi connectivity index (χ2v) is 4.43. The van der Waals surface area contributed by atoms with E-state index in [1.165, 1.54) is 0 Å². The van der Waals surface area contributed by atoms with Gasteiger partial charge in [-0.3, -0.25) is 9.78 Å². The summed E-state index contributed by atoms with van der Waals surface area (Å²) in [4.78, 5) is 18.2. The van der Waals surface area contributed by atoms with Crippen LogP contribution in [0.3, 0.4) is 0 Å². The minimum atomic E-state index is -0.0517. The number of carbonyl (C=O) groups excluding carboxylic acids is 1. The van der Waals surface area contributed by atoms with Crippen LogP contribution in [-0.2, 0) is 13.1 Å². The molecule has 0 saturated heterocycles. The van der Waals surface area contributed by atoms with Crippen LogP contribution >= 0.6 is 0 Å². The highest BCUT2D eigenvalue weighted by Gasteiger charge is 2.16. The molecule has 0 aliphatic rings. The Labute approximate surface area is 112 Å². The molecule has 0 radical (unpaired) electrons. The molecule has 0 saturated carbocycles. The zero-order chi connectivity index (χ0) is 13.8. The van der Waals surface area contributed by atoms with Crippen LogP contribution in [-0.4, -0.2) is 27.4 Å². The summed E-state index contributed by atoms with van der Waals surface area (Å²) in [5.74, 6) is -0.0517. The number of aryl methyl sites for hydroxylation is 1. The van der Waals surface area contributed by atoms with Gasteiger partial charge in [-0.05, 0) is 25.1 Å². The standard InChI is InChI=1S/C14H18N4O/c1-3-18-9-11(15)8-13(18)14(19)17(2)10-12-6-4-5-7-16-12/h4-9H,3,10,15H2,1-2H3. The summed E-state index contributed by atoms with van der Waals surface area (Å²) in [5, 5.41) is 0. The van der Waals surface area contributed by atoms with Crippen LogP contribution in [0.5, 0.6) is 0 Å². The normalized spacial score (nSPS) is 10.4. The van der Waals surface area contributed by atoms with Gasteiger partial charge in [0.05, 0.1) is 17.9 Å². The van der Waals surface area contributed by atoms with Gasteiger partial charge in [-0.2, -0.15) is 0 Å². The van der Waals surface area contributed by atoms with Crippen molar-refractivity contribution in [1.29, 1.82) is 0 Å². The van der Waals surface area contributed by atoms with E-state index in [0.29, 0.717) is 17.9 Å². The third kappa shape index (κ3) is 2.93. The van der Waals surface area contributed by atoms with Crippen molar-refractivity contribution < 1.29 is 4.79 Å². The van der Waals surface area contributed by atoms with Gasteiger partial charge in [0.2, 0.25) is 0 Å². The van der Waals surface area contributed by atoms with Gasteiger partial charge in [-0.15, -0.1) is 0 Å². The van der Waals surface area contributed by atoms with E-state index in [0.717, 1.165) is 12.2 Å². The summed E-state index contributed by atoms with van der Waals surface area (Å²) in [6, 6.07) is 7.37. The third-order valence-corrected chi connectivity index (χ3v) is 2.95. The summed E-state index contributed by atoms with van der Waals surface area (Å²) in [6.45, 7) is 3.18. The van der Waals surface area contributed by atoms with Crippen molar-refractivity contribution in [3.05, 3.63) is 48.0 Å². The smallest absolute Gasteiger partial charge is 0.270 e. The van der Waals surface area contributed by atoms with Gasteiger partial charge in [0.1, 0.15) is 5.69 Å². The monoisotopic (exact) mass is 258 g/mol. The Morgan fingerprint density at radius 2 is 2.26 bits per heavy atom. The number of nitrogen functional groups attached to an aromatic ring is 1. The molecule has 5 nitrogen and oxygen atoms in total. The molecule has 2 heterocycles. The zero-order valence-electron chi connectivity index (χ0n) is 11.2. The SMILES string of the molecule is CCn1cc(N)cc1C(=O)N(C)Cc1ccccn1. The lowest BCUT2D eigenvalue weighted by atomic mass is 10.3. The average Bonchev–Trinajstić information content (AvgIpc) is 2.80. The molecule has 1 amide bonds. The van der Waals surface area contributed by atoms with Crippen LogP contribution in [0, 0.1) is 0 Å². The molecule has 0 aromatic carbocycles. The largest absolute Gasteiger partial charge is 0.397 e. The van der Waals surface area contributed by atoms with E-state index in [9.17, 15) is 4.79 Å². The second-order valence-electron chi connectivity index (χ2n) is 4.43. The van der Waals surface area contributed by atoms with Crippen molar-refractivity contribution in [2.24, 2.45) is 0 Å². The summed E-state index contributed by atoms with van der Waals surface area (Å²) in [6.07, 6.45) is 3.50. The molecule has 0 aliphatic heterocycles. The van der Waals surface area contributed by atoms with E-state index >= 15 is 0 Å². The fourth-order valence-electron chi connectivity index (χ4n) is 1.98. The highest BCUT2D eigenvalue weighted by molar-refractivity contribution is 5.93. The van der Waals surface area contributed by atoms with E-state index in [4.69, 9.17) is 5.73 Å². The highest BCUT2D eigenvalue weighted by atomic mass is 16.2. The molecule has 0 fully saturated rings. The predicted molar refractivity (Wildman–Crippen MR) is 74.6 cm³/mol. The molecule has 0 bridgehead atoms. The summed E-state index contributed by atoms with van der Waals surface area (Å²) >= 11 is 0. The molecule has 19 heavy (non-hydrogen) atoms. The van der Waals surface area contributed by atoms with Crippen molar-refractivity contribution >= 4 is 11.6 Å². The number of pyridine rings is 1. The lowest BCUT2D eigenvalue weighted by Crippen LogP contribution is -2.28. The molecule has 2 N–H and O–H groups in total. The number of aromatic nitrogens is 2. The van der Waals surface area contributed by atoms with Crippen LogP contribution in [0.4, 0.5) is 5.69 Å². The van der Waals surface area contributed by atoms with Crippen molar-refractivity contribution in [3.63, 3.8) is 0 Å². The van der Waals surface area contributed by atoms with Crippen molar-refractivity contribution in [2.45, 2.75) is 20.0 Å². The van der Waals surface area contributed by atoms with Crippen molar-refractivity contribution in [1.82, 2.24) is 14.5 Å². The second kappa shape index (κ2) is 5.56. The molecule has 0 unspecified atom stereocenters. The van der Waals surface area contributed by atoms with E-state index in [2.05, 4.69) is 4.98 Å². The van der Waals surface area contributed by atoms with Gasteiger partial charge in [-0.1, -0.05) is 6.07 Å². The quantitative estimate of drug-likeness (QED) is 0.908. The molecule has 100 valence electrons. The van der Waals surface area contributed by atoms with E-state index in [1.807, 2.05) is 29.7 Å². The number of hydrogen-bond donors (Lipinski definition) is 1. The fourth-order valence-corrected chi connectivity index (χ4v) is 1.98. The average molecular weight is 258 g/mol. The summed E-state index contributed by atoms with van der Waals surface area (Å²) in [5.41, 5.74) is 7.82. The Balaban J connectivity index is 2.15. The van der Waals surface area contributed by atoms with Crippen molar-refractivity contribution in [2.75, 3.05) is 12.8 Å². The summed E-state index contributed by atoms with van der Waals surface area (Å²) < 4.78 is 1.85. The van der Waals surface area contributed by atoms with Crippen molar-refractivity contribution in [3.8, 4) is 0 Å². The molecular weight excluding hydrogens is 240 g/mol. The minimum Gasteiger partial charge on any atom is -0.397 e. The molecular formula is C14H18N4O. The number of amides is 1. The maximum atomic E-state index is 12.4. The number of rotatable bonds is 4. The number of carbonyl (C=O) groups is 1. The molecule has 0 aliphatic carbocycles. The van der Waals surface area contributed by atoms with Gasteiger partial charge < -0.3 is 15.2 Å². The third-order valence-electron chi connectivity index (χ3n) is 2.95. The Kier molecular flexibility index (Phi) is 3.85. The van der Waals surface area contributed by atoms with Crippen LogP contribution < -0.4 is 5.73 Å². The number of nitrogens with two attached hydrogens (primary N) is 1. The fraction of sp³-hybridized carbons (Fsp3) is 0.286. The minimum absolute atomic E-state index is 0.0517. The summed E-state index contributed by atoms with van der Waals surface area (Å²) in [7, 11) is 1.76. The Hall–Kier alpha value is -2.30. The van der Waals surface area contributed by atoms with E-state index < -0.39 is 0 Å². The highest BCUT2D eigenvalue weighted by Crippen LogP contribution is 2.13. The topological polar surface area (TPSA) is 64.2 Å².